The highest BCUT2D eigenvalue weighted by molar-refractivity contribution is 6.33. The van der Waals surface area contributed by atoms with Gasteiger partial charge in [-0.1, -0.05) is 102 Å². The molecule has 320 valence electrons. The number of phenolic OH excluding ortho intramolecular Hbond substituents is 1. The Hall–Kier alpha value is -5.50. The smallest absolute Gasteiger partial charge is 0.417 e. The van der Waals surface area contributed by atoms with E-state index in [-0.39, 0.29) is 48.7 Å². The summed E-state index contributed by atoms with van der Waals surface area (Å²) < 4.78 is 40.8. The van der Waals surface area contributed by atoms with Gasteiger partial charge >= 0.3 is 6.18 Å². The molecule has 0 spiro atoms. The highest BCUT2D eigenvalue weighted by Gasteiger charge is 2.71. The Morgan fingerprint density at radius 3 is 2.32 bits per heavy atom. The van der Waals surface area contributed by atoms with Gasteiger partial charge in [-0.3, -0.25) is 34.4 Å². The molecule has 1 aromatic heterocycles. The number of rotatable bonds is 9. The number of aromatic nitrogens is 1. The maximum atomic E-state index is 15.5. The van der Waals surface area contributed by atoms with Gasteiger partial charge in [0.05, 0.1) is 33.8 Å². The van der Waals surface area contributed by atoms with Gasteiger partial charge in [0.15, 0.2) is 5.82 Å². The largest absolute Gasteiger partial charge is 0.507 e. The number of nitrogens with one attached hydrogen (secondary N) is 1. The minimum absolute atomic E-state index is 0.0292. The molecule has 3 aromatic carbocycles. The Morgan fingerprint density at radius 2 is 1.65 bits per heavy atom. The number of benzene rings is 3. The number of halogens is 5. The molecule has 3 saturated heterocycles. The molecule has 2 aliphatic carbocycles. The summed E-state index contributed by atoms with van der Waals surface area (Å²) in [6.45, 7) is 6.00. The van der Waals surface area contributed by atoms with Crippen molar-refractivity contribution in [2.75, 3.05) is 18.5 Å². The maximum absolute atomic E-state index is 15.5. The van der Waals surface area contributed by atoms with Crippen LogP contribution in [0, 0.1) is 23.7 Å². The van der Waals surface area contributed by atoms with Crippen LogP contribution in [0.2, 0.25) is 10.0 Å². The van der Waals surface area contributed by atoms with Gasteiger partial charge in [0.25, 0.3) is 11.8 Å². The van der Waals surface area contributed by atoms with Gasteiger partial charge in [-0.15, -0.1) is 6.58 Å². The summed E-state index contributed by atoms with van der Waals surface area (Å²) in [6, 6.07) is 22.1. The van der Waals surface area contributed by atoms with Crippen LogP contribution in [0.4, 0.5) is 19.0 Å². The number of phenols is 1. The molecular formula is C47H42Cl2F3N5O5. The number of carbonyl (C=O) groups excluding carboxylic acids is 4. The van der Waals surface area contributed by atoms with Crippen molar-refractivity contribution in [3.05, 3.63) is 147 Å². The lowest BCUT2D eigenvalue weighted by atomic mass is 9.49. The molecule has 4 fully saturated rings. The minimum atomic E-state index is -4.76. The van der Waals surface area contributed by atoms with Crippen LogP contribution < -0.4 is 5.43 Å². The summed E-state index contributed by atoms with van der Waals surface area (Å²) in [7, 11) is 0. The molecule has 4 amide bonds. The van der Waals surface area contributed by atoms with E-state index in [1.807, 2.05) is 24.3 Å². The van der Waals surface area contributed by atoms with E-state index in [9.17, 15) is 27.9 Å². The first-order valence-corrected chi connectivity index (χ1v) is 21.4. The van der Waals surface area contributed by atoms with E-state index >= 15 is 9.59 Å². The minimum Gasteiger partial charge on any atom is -0.507 e. The quantitative estimate of drug-likeness (QED) is 0.127. The SMILES string of the molecule is C=CCc1cccc(C2C3=CCC4C(=O)N(C5CCN(Cc6ccccc6)CC5)C(=O)C4C3CC3C(=O)N(Nc4ncc(C(F)(F)F)cc4Cl)C(=O)C32c2ccc(Cl)cc2)c1O. The molecule has 2 N–H and O–H groups in total. The number of fused-ring (bicyclic) bond motifs is 4. The van der Waals surface area contributed by atoms with E-state index in [0.717, 1.165) is 11.6 Å². The number of hydrazine groups is 1. The number of para-hydroxylation sites is 1. The molecule has 9 rings (SSSR count). The third-order valence-corrected chi connectivity index (χ3v) is 14.1. The first-order chi connectivity index (χ1) is 29.7. The molecule has 4 aromatic rings. The predicted molar refractivity (Wildman–Crippen MR) is 225 cm³/mol. The lowest BCUT2D eigenvalue weighted by Crippen LogP contribution is -2.53. The van der Waals surface area contributed by atoms with Gasteiger partial charge < -0.3 is 5.11 Å². The third kappa shape index (κ3) is 6.80. The van der Waals surface area contributed by atoms with Crippen LogP contribution in [0.5, 0.6) is 5.75 Å². The number of pyridine rings is 1. The molecule has 10 nitrogen and oxygen atoms in total. The number of hydrogen-bond acceptors (Lipinski definition) is 8. The van der Waals surface area contributed by atoms with E-state index in [2.05, 4.69) is 34.0 Å². The van der Waals surface area contributed by atoms with Gasteiger partial charge in [0.1, 0.15) is 5.75 Å². The lowest BCUT2D eigenvalue weighted by molar-refractivity contribution is -0.144. The molecule has 0 radical (unpaired) electrons. The average molecular weight is 885 g/mol. The van der Waals surface area contributed by atoms with Crippen molar-refractivity contribution in [1.82, 2.24) is 19.8 Å². The number of nitrogens with zero attached hydrogens (tertiary/aromatic N) is 4. The molecule has 4 heterocycles. The zero-order valence-corrected chi connectivity index (χ0v) is 34.8. The number of aromatic hydroxyl groups is 1. The van der Waals surface area contributed by atoms with Crippen molar-refractivity contribution in [1.29, 1.82) is 0 Å². The Morgan fingerprint density at radius 1 is 0.919 bits per heavy atom. The fourth-order valence-electron chi connectivity index (χ4n) is 10.9. The van der Waals surface area contributed by atoms with Crippen molar-refractivity contribution in [3.8, 4) is 5.75 Å². The molecule has 6 atom stereocenters. The number of piperidine rings is 1. The molecule has 3 aliphatic heterocycles. The summed E-state index contributed by atoms with van der Waals surface area (Å²) in [4.78, 5) is 67.5. The number of hydrogen-bond donors (Lipinski definition) is 2. The van der Waals surface area contributed by atoms with E-state index in [4.69, 9.17) is 23.2 Å². The molecule has 6 unspecified atom stereocenters. The van der Waals surface area contributed by atoms with Gasteiger partial charge in [-0.25, -0.2) is 4.98 Å². The average Bonchev–Trinajstić information content (AvgIpc) is 3.63. The number of imide groups is 2. The summed E-state index contributed by atoms with van der Waals surface area (Å²) >= 11 is 12.7. The zero-order valence-electron chi connectivity index (χ0n) is 33.3. The van der Waals surface area contributed by atoms with Crippen molar-refractivity contribution in [2.45, 2.75) is 62.2 Å². The van der Waals surface area contributed by atoms with E-state index < -0.39 is 63.6 Å². The molecule has 62 heavy (non-hydrogen) atoms. The summed E-state index contributed by atoms with van der Waals surface area (Å²) in [5, 5.41) is 12.7. The zero-order chi connectivity index (χ0) is 43.7. The van der Waals surface area contributed by atoms with Crippen LogP contribution in [-0.4, -0.2) is 67.7 Å². The molecule has 0 bridgehead atoms. The van der Waals surface area contributed by atoms with Gasteiger partial charge in [-0.2, -0.15) is 18.2 Å². The second-order valence-corrected chi connectivity index (χ2v) is 17.6. The standard InChI is InChI=1S/C47H42Cl2F3N5O5/c1-2-7-27-10-6-11-34(40(27)58)39-32-16-17-33-38(44(61)56(42(33)59)31-18-20-55(21-19-31)25-26-8-4-3-5-9-26)35(32)23-36-43(60)57(45(62)46(36,39)28-12-14-30(48)15-13-28)54-41-37(49)22-29(24-53-41)47(50,51)52/h2-6,8-16,22,24,31,33,35-36,38-39,58H,1,7,17-21,23,25H2,(H,53,54). The Kier molecular flexibility index (Phi) is 10.8. The van der Waals surface area contributed by atoms with Crippen molar-refractivity contribution in [3.63, 3.8) is 0 Å². The molecule has 1 saturated carbocycles. The Labute approximate surface area is 366 Å². The fourth-order valence-corrected chi connectivity index (χ4v) is 11.2. The Balaban J connectivity index is 1.13. The highest BCUT2D eigenvalue weighted by Crippen LogP contribution is 2.65. The van der Waals surface area contributed by atoms with Crippen molar-refractivity contribution in [2.24, 2.45) is 23.7 Å². The van der Waals surface area contributed by atoms with Crippen LogP contribution >= 0.6 is 23.2 Å². The summed E-state index contributed by atoms with van der Waals surface area (Å²) in [5.74, 6) is -7.06. The molecular weight excluding hydrogens is 842 g/mol. The van der Waals surface area contributed by atoms with Crippen LogP contribution in [0.15, 0.2) is 109 Å². The number of likely N-dealkylation sites (tertiary alicyclic amines) is 2. The number of amides is 4. The van der Waals surface area contributed by atoms with Crippen molar-refractivity contribution < 1.29 is 37.5 Å². The topological polar surface area (TPSA) is 123 Å². The molecule has 15 heteroatoms. The molecule has 5 aliphatic rings. The van der Waals surface area contributed by atoms with Gasteiger partial charge in [0, 0.05) is 48.4 Å². The highest BCUT2D eigenvalue weighted by atomic mass is 35.5. The lowest BCUT2D eigenvalue weighted by Gasteiger charge is -2.50. The predicted octanol–water partition coefficient (Wildman–Crippen LogP) is 8.49. The van der Waals surface area contributed by atoms with E-state index in [1.54, 1.807) is 48.5 Å². The Bertz CT molecular complexity index is 2510. The first-order valence-electron chi connectivity index (χ1n) is 20.6. The summed E-state index contributed by atoms with van der Waals surface area (Å²) in [6.07, 6.45) is 0.997. The van der Waals surface area contributed by atoms with Crippen LogP contribution in [0.25, 0.3) is 0 Å². The third-order valence-electron chi connectivity index (χ3n) is 13.6. The number of allylic oxidation sites excluding steroid dienone is 3. The van der Waals surface area contributed by atoms with Crippen LogP contribution in [0.1, 0.15) is 59.4 Å². The maximum Gasteiger partial charge on any atom is 0.417 e. The number of anilines is 1. The van der Waals surface area contributed by atoms with Crippen molar-refractivity contribution >= 4 is 52.6 Å². The van der Waals surface area contributed by atoms with Crippen LogP contribution in [0.3, 0.4) is 0 Å². The second-order valence-electron chi connectivity index (χ2n) is 16.8. The first kappa shape index (κ1) is 41.8. The van der Waals surface area contributed by atoms with E-state index in [1.165, 1.54) is 10.5 Å². The van der Waals surface area contributed by atoms with Gasteiger partial charge in [0.2, 0.25) is 11.8 Å². The van der Waals surface area contributed by atoms with Gasteiger partial charge in [-0.05, 0) is 72.9 Å². The van der Waals surface area contributed by atoms with Crippen LogP contribution in [-0.2, 0) is 43.7 Å². The number of alkyl halides is 3. The monoisotopic (exact) mass is 883 g/mol. The normalized spacial score (nSPS) is 26.6. The number of carbonyl (C=O) groups is 4. The summed E-state index contributed by atoms with van der Waals surface area (Å²) in [5.41, 5.74) is 2.78. The second kappa shape index (κ2) is 16.0. The van der Waals surface area contributed by atoms with E-state index in [0.29, 0.717) is 65.5 Å². The fraction of sp³-hybridized carbons (Fsp3) is 0.340.